The predicted octanol–water partition coefficient (Wildman–Crippen LogP) is 0.666. The first-order valence-corrected chi connectivity index (χ1v) is 7.68. The molecule has 0 spiro atoms. The molecule has 1 saturated heterocycles. The summed E-state index contributed by atoms with van der Waals surface area (Å²) in [5.41, 5.74) is 0. The molecule has 1 fully saturated rings. The molecule has 6 heteroatoms. The first-order chi connectivity index (χ1) is 7.89. The van der Waals surface area contributed by atoms with E-state index in [2.05, 4.69) is 0 Å². The van der Waals surface area contributed by atoms with Crippen molar-refractivity contribution in [1.82, 2.24) is 8.61 Å². The van der Waals surface area contributed by atoms with E-state index in [1.165, 1.54) is 8.61 Å². The molecule has 0 aromatic heterocycles. The van der Waals surface area contributed by atoms with Crippen LogP contribution in [0.15, 0.2) is 0 Å². The van der Waals surface area contributed by atoms with E-state index >= 15 is 0 Å². The van der Waals surface area contributed by atoms with Crippen molar-refractivity contribution in [3.63, 3.8) is 0 Å². The summed E-state index contributed by atoms with van der Waals surface area (Å²) in [4.78, 5) is 0. The van der Waals surface area contributed by atoms with E-state index in [4.69, 9.17) is 0 Å². The van der Waals surface area contributed by atoms with Crippen molar-refractivity contribution in [2.45, 2.75) is 39.2 Å². The van der Waals surface area contributed by atoms with Crippen molar-refractivity contribution in [1.29, 1.82) is 0 Å². The molecule has 0 bridgehead atoms. The van der Waals surface area contributed by atoms with E-state index in [1.807, 2.05) is 13.8 Å². The predicted molar refractivity (Wildman–Crippen MR) is 67.8 cm³/mol. The Morgan fingerprint density at radius 1 is 1.47 bits per heavy atom. The Bertz CT molecular complexity index is 332. The summed E-state index contributed by atoms with van der Waals surface area (Å²) in [6.07, 6.45) is 2.01. The van der Waals surface area contributed by atoms with Gasteiger partial charge in [-0.15, -0.1) is 0 Å². The topological polar surface area (TPSA) is 60.9 Å². The van der Waals surface area contributed by atoms with Crippen LogP contribution in [-0.4, -0.2) is 54.9 Å². The highest BCUT2D eigenvalue weighted by Crippen LogP contribution is 2.20. The van der Waals surface area contributed by atoms with Gasteiger partial charge < -0.3 is 5.11 Å². The molecule has 1 N–H and O–H groups in total. The maximum atomic E-state index is 12.2. The molecule has 17 heavy (non-hydrogen) atoms. The van der Waals surface area contributed by atoms with Crippen LogP contribution in [-0.2, 0) is 10.2 Å². The zero-order valence-corrected chi connectivity index (χ0v) is 11.8. The number of hydrogen-bond acceptors (Lipinski definition) is 3. The second-order valence-electron chi connectivity index (χ2n) is 4.87. The van der Waals surface area contributed by atoms with Gasteiger partial charge >= 0.3 is 0 Å². The average Bonchev–Trinajstić information content (AvgIpc) is 2.29. The van der Waals surface area contributed by atoms with Gasteiger partial charge in [-0.05, 0) is 18.8 Å². The summed E-state index contributed by atoms with van der Waals surface area (Å²) >= 11 is 0. The molecular formula is C11H24N2O3S. The van der Waals surface area contributed by atoms with Gasteiger partial charge in [0.25, 0.3) is 10.2 Å². The molecule has 0 aliphatic carbocycles. The fourth-order valence-electron chi connectivity index (χ4n) is 2.00. The van der Waals surface area contributed by atoms with Gasteiger partial charge in [-0.2, -0.15) is 17.0 Å². The molecule has 0 amide bonds. The van der Waals surface area contributed by atoms with Crippen molar-refractivity contribution in [3.8, 4) is 0 Å². The molecule has 1 rings (SSSR count). The lowest BCUT2D eigenvalue weighted by Gasteiger charge is -2.35. The lowest BCUT2D eigenvalue weighted by Crippen LogP contribution is -2.49. The summed E-state index contributed by atoms with van der Waals surface area (Å²) in [5, 5.41) is 9.61. The number of hydrogen-bond donors (Lipinski definition) is 1. The first kappa shape index (κ1) is 14.9. The van der Waals surface area contributed by atoms with Crippen LogP contribution in [0, 0.1) is 5.92 Å². The molecule has 5 nitrogen and oxygen atoms in total. The Hall–Kier alpha value is -0.170. The number of aliphatic hydroxyl groups excluding tert-OH is 1. The molecule has 1 aliphatic heterocycles. The van der Waals surface area contributed by atoms with E-state index in [0.29, 0.717) is 26.1 Å². The molecule has 2 atom stereocenters. The van der Waals surface area contributed by atoms with E-state index in [0.717, 1.165) is 12.8 Å². The van der Waals surface area contributed by atoms with Gasteiger partial charge in [0.2, 0.25) is 0 Å². The minimum Gasteiger partial charge on any atom is -0.393 e. The summed E-state index contributed by atoms with van der Waals surface area (Å²) < 4.78 is 27.3. The van der Waals surface area contributed by atoms with Crippen LogP contribution < -0.4 is 0 Å². The monoisotopic (exact) mass is 264 g/mol. The molecule has 1 aliphatic rings. The number of nitrogens with zero attached hydrogens (tertiary/aromatic N) is 2. The number of aliphatic hydroxyl groups is 1. The Labute approximate surface area is 105 Å². The van der Waals surface area contributed by atoms with Crippen LogP contribution in [0.5, 0.6) is 0 Å². The number of unbranched alkanes of at least 4 members (excludes halogenated alkanes) is 1. The van der Waals surface area contributed by atoms with E-state index in [-0.39, 0.29) is 12.0 Å². The van der Waals surface area contributed by atoms with Crippen LogP contribution in [0.25, 0.3) is 0 Å². The third kappa shape index (κ3) is 3.64. The van der Waals surface area contributed by atoms with Crippen molar-refractivity contribution < 1.29 is 13.5 Å². The largest absolute Gasteiger partial charge is 0.393 e. The van der Waals surface area contributed by atoms with E-state index < -0.39 is 10.2 Å². The number of piperidine rings is 1. The van der Waals surface area contributed by atoms with Gasteiger partial charge in [-0.25, -0.2) is 0 Å². The van der Waals surface area contributed by atoms with Crippen molar-refractivity contribution in [3.05, 3.63) is 0 Å². The second kappa shape index (κ2) is 6.13. The maximum Gasteiger partial charge on any atom is 0.281 e. The fourth-order valence-corrected chi connectivity index (χ4v) is 3.51. The Kier molecular flexibility index (Phi) is 5.37. The normalized spacial score (nSPS) is 27.6. The number of rotatable bonds is 5. The molecule has 2 unspecified atom stereocenters. The minimum absolute atomic E-state index is 0.0121. The van der Waals surface area contributed by atoms with Crippen LogP contribution in [0.3, 0.4) is 0 Å². The summed E-state index contributed by atoms with van der Waals surface area (Å²) in [6.45, 7) is 5.33. The quantitative estimate of drug-likeness (QED) is 0.794. The second-order valence-corrected chi connectivity index (χ2v) is 6.91. The molecule has 102 valence electrons. The Balaban J connectivity index is 2.64. The van der Waals surface area contributed by atoms with E-state index in [9.17, 15) is 13.5 Å². The lowest BCUT2D eigenvalue weighted by atomic mass is 9.99. The lowest BCUT2D eigenvalue weighted by molar-refractivity contribution is 0.0611. The fraction of sp³-hybridized carbons (Fsp3) is 1.00. The molecule has 0 saturated carbocycles. The van der Waals surface area contributed by atoms with Crippen molar-refractivity contribution >= 4 is 10.2 Å². The van der Waals surface area contributed by atoms with Gasteiger partial charge in [0, 0.05) is 26.7 Å². The minimum atomic E-state index is -3.34. The van der Waals surface area contributed by atoms with Gasteiger partial charge in [0.1, 0.15) is 0 Å². The summed E-state index contributed by atoms with van der Waals surface area (Å²) in [5.74, 6) is 0.0121. The van der Waals surface area contributed by atoms with Gasteiger partial charge in [-0.3, -0.25) is 0 Å². The highest BCUT2D eigenvalue weighted by atomic mass is 32.2. The van der Waals surface area contributed by atoms with Gasteiger partial charge in [-0.1, -0.05) is 20.3 Å². The molecule has 1 heterocycles. The summed E-state index contributed by atoms with van der Waals surface area (Å²) in [6, 6.07) is 0. The molecule has 0 aromatic carbocycles. The van der Waals surface area contributed by atoms with Crippen molar-refractivity contribution in [2.24, 2.45) is 5.92 Å². The zero-order chi connectivity index (χ0) is 13.1. The standard InChI is InChI=1S/C11H24N2O3S/c1-4-5-7-12(3)17(15,16)13-8-6-11(14)10(2)9-13/h10-11,14H,4-9H2,1-3H3. The Morgan fingerprint density at radius 2 is 2.12 bits per heavy atom. The highest BCUT2D eigenvalue weighted by molar-refractivity contribution is 7.86. The SMILES string of the molecule is CCCCN(C)S(=O)(=O)N1CCC(O)C(C)C1. The zero-order valence-electron chi connectivity index (χ0n) is 11.0. The average molecular weight is 264 g/mol. The molecule has 0 radical (unpaired) electrons. The van der Waals surface area contributed by atoms with Crippen LogP contribution >= 0.6 is 0 Å². The smallest absolute Gasteiger partial charge is 0.281 e. The van der Waals surface area contributed by atoms with Crippen LogP contribution in [0.4, 0.5) is 0 Å². The summed E-state index contributed by atoms with van der Waals surface area (Å²) in [7, 11) is -1.71. The van der Waals surface area contributed by atoms with E-state index in [1.54, 1.807) is 7.05 Å². The highest BCUT2D eigenvalue weighted by Gasteiger charge is 2.33. The van der Waals surface area contributed by atoms with Gasteiger partial charge in [0.05, 0.1) is 6.10 Å². The third-order valence-corrected chi connectivity index (χ3v) is 5.32. The molecular weight excluding hydrogens is 240 g/mol. The Morgan fingerprint density at radius 3 is 2.65 bits per heavy atom. The van der Waals surface area contributed by atoms with Crippen molar-refractivity contribution in [2.75, 3.05) is 26.7 Å². The third-order valence-electron chi connectivity index (χ3n) is 3.37. The van der Waals surface area contributed by atoms with Gasteiger partial charge in [0.15, 0.2) is 0 Å². The van der Waals surface area contributed by atoms with Crippen LogP contribution in [0.2, 0.25) is 0 Å². The molecule has 0 aromatic rings. The maximum absolute atomic E-state index is 12.2. The van der Waals surface area contributed by atoms with Crippen LogP contribution in [0.1, 0.15) is 33.1 Å². The first-order valence-electron chi connectivity index (χ1n) is 6.29.